The Balaban J connectivity index is 1.64. The highest BCUT2D eigenvalue weighted by atomic mass is 32.2. The van der Waals surface area contributed by atoms with E-state index in [4.69, 9.17) is 9.84 Å². The average Bonchev–Trinajstić information content (AvgIpc) is 3.32. The fourth-order valence-corrected chi connectivity index (χ4v) is 4.96. The highest BCUT2D eigenvalue weighted by Gasteiger charge is 2.46. The first-order valence-electron chi connectivity index (χ1n) is 8.88. The number of nitrogens with one attached hydrogen (secondary N) is 1. The molecule has 8 nitrogen and oxygen atoms in total. The summed E-state index contributed by atoms with van der Waals surface area (Å²) < 4.78 is 65.9. The number of nitrogens with zero attached hydrogens (tertiary/aromatic N) is 2. The zero-order valence-electron chi connectivity index (χ0n) is 16.3. The standard InChI is InChI=1S/C18H16F3N3O5S3/c1-10-15(31-17(22-10)29-7-6-25)13-9-30-16(23-13)24-14(26)8-11-2-4-12(5-3-11)32(27,28)18(19,20)21/h2-5,9,25H,6-8H2,1H3,(H,23,24,26). The Morgan fingerprint density at radius 3 is 2.53 bits per heavy atom. The van der Waals surface area contributed by atoms with Crippen LogP contribution in [0.5, 0.6) is 5.19 Å². The monoisotopic (exact) mass is 507 g/mol. The molecule has 0 bridgehead atoms. The predicted octanol–water partition coefficient (Wildman–Crippen LogP) is 3.42. The second-order valence-corrected chi connectivity index (χ2v) is 10.1. The summed E-state index contributed by atoms with van der Waals surface area (Å²) in [6.07, 6.45) is -0.181. The Labute approximate surface area is 188 Å². The van der Waals surface area contributed by atoms with Gasteiger partial charge < -0.3 is 15.2 Å². The first-order valence-corrected chi connectivity index (χ1v) is 12.1. The number of benzene rings is 1. The van der Waals surface area contributed by atoms with E-state index < -0.39 is 26.1 Å². The number of hydrogen-bond donors (Lipinski definition) is 2. The molecule has 0 radical (unpaired) electrons. The van der Waals surface area contributed by atoms with Crippen molar-refractivity contribution in [2.24, 2.45) is 0 Å². The number of aromatic nitrogens is 2. The van der Waals surface area contributed by atoms with Crippen LogP contribution in [0.15, 0.2) is 34.5 Å². The van der Waals surface area contributed by atoms with Crippen LogP contribution < -0.4 is 10.1 Å². The van der Waals surface area contributed by atoms with E-state index in [1.165, 1.54) is 22.7 Å². The second kappa shape index (κ2) is 9.52. The lowest BCUT2D eigenvalue weighted by Crippen LogP contribution is -2.23. The van der Waals surface area contributed by atoms with Gasteiger partial charge in [-0.25, -0.2) is 18.4 Å². The molecule has 0 fully saturated rings. The number of carbonyl (C=O) groups is 1. The van der Waals surface area contributed by atoms with Crippen LogP contribution in [0.1, 0.15) is 11.3 Å². The molecule has 0 aliphatic rings. The number of aryl methyl sites for hydroxylation is 1. The molecule has 2 N–H and O–H groups in total. The van der Waals surface area contributed by atoms with E-state index in [1.54, 1.807) is 12.3 Å². The van der Waals surface area contributed by atoms with E-state index in [0.29, 0.717) is 27.3 Å². The molecule has 0 saturated carbocycles. The second-order valence-electron chi connectivity index (χ2n) is 6.32. The van der Waals surface area contributed by atoms with Gasteiger partial charge >= 0.3 is 5.51 Å². The molecule has 1 aromatic carbocycles. The predicted molar refractivity (Wildman–Crippen MR) is 113 cm³/mol. The van der Waals surface area contributed by atoms with E-state index in [2.05, 4.69) is 15.3 Å². The van der Waals surface area contributed by atoms with Crippen molar-refractivity contribution in [1.82, 2.24) is 9.97 Å². The third-order valence-corrected chi connectivity index (χ3v) is 7.33. The number of rotatable bonds is 8. The number of thiazole rings is 2. The quantitative estimate of drug-likeness (QED) is 0.480. The van der Waals surface area contributed by atoms with Crippen LogP contribution in [0.25, 0.3) is 10.6 Å². The molecule has 0 unspecified atom stereocenters. The summed E-state index contributed by atoms with van der Waals surface area (Å²) in [6, 6.07) is 3.94. The molecule has 32 heavy (non-hydrogen) atoms. The molecule has 0 atom stereocenters. The van der Waals surface area contributed by atoms with Crippen molar-refractivity contribution in [3.63, 3.8) is 0 Å². The van der Waals surface area contributed by atoms with Crippen molar-refractivity contribution < 1.29 is 36.2 Å². The number of alkyl halides is 3. The van der Waals surface area contributed by atoms with Crippen LogP contribution in [0, 0.1) is 6.92 Å². The van der Waals surface area contributed by atoms with Crippen molar-refractivity contribution in [3.8, 4) is 15.8 Å². The SMILES string of the molecule is Cc1nc(OCCO)sc1-c1csc(NC(=O)Cc2ccc(S(=O)(=O)C(F)(F)F)cc2)n1. The van der Waals surface area contributed by atoms with Crippen LogP contribution in [0.3, 0.4) is 0 Å². The Hall–Kier alpha value is -2.55. The lowest BCUT2D eigenvalue weighted by molar-refractivity contribution is -0.115. The maximum atomic E-state index is 12.6. The molecule has 172 valence electrons. The van der Waals surface area contributed by atoms with Crippen molar-refractivity contribution >= 4 is 43.5 Å². The van der Waals surface area contributed by atoms with Crippen LogP contribution in [-0.2, 0) is 21.1 Å². The lowest BCUT2D eigenvalue weighted by Gasteiger charge is -2.08. The van der Waals surface area contributed by atoms with Crippen LogP contribution in [-0.4, -0.2) is 48.1 Å². The number of aliphatic hydroxyl groups excluding tert-OH is 1. The molecule has 0 aliphatic carbocycles. The number of halogens is 3. The van der Waals surface area contributed by atoms with Gasteiger partial charge in [-0.05, 0) is 24.6 Å². The number of aliphatic hydroxyl groups is 1. The van der Waals surface area contributed by atoms with Crippen LogP contribution >= 0.6 is 22.7 Å². The average molecular weight is 508 g/mol. The maximum absolute atomic E-state index is 12.6. The molecular weight excluding hydrogens is 491 g/mol. The molecule has 3 rings (SSSR count). The first kappa shape index (κ1) is 24.1. The zero-order valence-corrected chi connectivity index (χ0v) is 18.8. The fraction of sp³-hybridized carbons (Fsp3) is 0.278. The summed E-state index contributed by atoms with van der Waals surface area (Å²) in [5, 5.41) is 13.9. The van der Waals surface area contributed by atoms with Gasteiger partial charge in [0.1, 0.15) is 6.61 Å². The summed E-state index contributed by atoms with van der Waals surface area (Å²) in [5.74, 6) is -0.467. The number of carbonyl (C=O) groups excluding carboxylic acids is 1. The number of hydrogen-bond acceptors (Lipinski definition) is 9. The minimum Gasteiger partial charge on any atom is -0.468 e. The van der Waals surface area contributed by atoms with Gasteiger partial charge in [-0.2, -0.15) is 13.2 Å². The summed E-state index contributed by atoms with van der Waals surface area (Å²) >= 11 is 2.43. The normalized spacial score (nSPS) is 12.0. The van der Waals surface area contributed by atoms with Gasteiger partial charge in [0, 0.05) is 5.38 Å². The van der Waals surface area contributed by atoms with Crippen molar-refractivity contribution in [3.05, 3.63) is 40.9 Å². The van der Waals surface area contributed by atoms with Crippen LogP contribution in [0.2, 0.25) is 0 Å². The van der Waals surface area contributed by atoms with E-state index in [1.807, 2.05) is 0 Å². The van der Waals surface area contributed by atoms with Crippen molar-refractivity contribution in [2.45, 2.75) is 23.7 Å². The molecular formula is C18H16F3N3O5S3. The number of sulfone groups is 1. The fourth-order valence-electron chi connectivity index (χ4n) is 2.51. The molecule has 0 spiro atoms. The maximum Gasteiger partial charge on any atom is 0.501 e. The Bertz CT molecular complexity index is 1200. The van der Waals surface area contributed by atoms with E-state index >= 15 is 0 Å². The Kier molecular flexibility index (Phi) is 7.17. The molecule has 1 amide bonds. The van der Waals surface area contributed by atoms with Crippen molar-refractivity contribution in [2.75, 3.05) is 18.5 Å². The molecule has 2 heterocycles. The summed E-state index contributed by atoms with van der Waals surface area (Å²) in [4.78, 5) is 20.7. The minimum absolute atomic E-state index is 0.119. The van der Waals surface area contributed by atoms with Crippen LogP contribution in [0.4, 0.5) is 18.3 Å². The number of ether oxygens (including phenoxy) is 1. The Morgan fingerprint density at radius 2 is 1.91 bits per heavy atom. The van der Waals surface area contributed by atoms with E-state index in [9.17, 15) is 26.4 Å². The summed E-state index contributed by atoms with van der Waals surface area (Å²) in [6.45, 7) is 1.76. The van der Waals surface area contributed by atoms with Crippen molar-refractivity contribution in [1.29, 1.82) is 0 Å². The smallest absolute Gasteiger partial charge is 0.468 e. The minimum atomic E-state index is -5.44. The molecule has 0 aliphatic heterocycles. The Morgan fingerprint density at radius 1 is 1.22 bits per heavy atom. The zero-order chi connectivity index (χ0) is 23.5. The summed E-state index contributed by atoms with van der Waals surface area (Å²) in [5.41, 5.74) is -3.79. The van der Waals surface area contributed by atoms with Gasteiger partial charge in [0.05, 0.1) is 34.2 Å². The largest absolute Gasteiger partial charge is 0.501 e. The van der Waals surface area contributed by atoms with Gasteiger partial charge in [0.25, 0.3) is 15.0 Å². The third-order valence-electron chi connectivity index (χ3n) is 3.98. The first-order chi connectivity index (χ1) is 15.0. The molecule has 0 saturated heterocycles. The van der Waals surface area contributed by atoms with Gasteiger partial charge in [-0.3, -0.25) is 4.79 Å². The third kappa shape index (κ3) is 5.43. The lowest BCUT2D eigenvalue weighted by atomic mass is 10.1. The van der Waals surface area contributed by atoms with Gasteiger partial charge in [0.2, 0.25) is 5.91 Å². The van der Waals surface area contributed by atoms with E-state index in [0.717, 1.165) is 29.1 Å². The topological polar surface area (TPSA) is 118 Å². The number of anilines is 1. The number of amides is 1. The summed E-state index contributed by atoms with van der Waals surface area (Å²) in [7, 11) is -5.44. The molecule has 3 aromatic rings. The molecule has 2 aromatic heterocycles. The van der Waals surface area contributed by atoms with E-state index in [-0.39, 0.29) is 19.6 Å². The van der Waals surface area contributed by atoms with Gasteiger partial charge in [-0.1, -0.05) is 23.5 Å². The highest BCUT2D eigenvalue weighted by molar-refractivity contribution is 7.92. The highest BCUT2D eigenvalue weighted by Crippen LogP contribution is 2.35. The van der Waals surface area contributed by atoms with Gasteiger partial charge in [0.15, 0.2) is 5.13 Å². The van der Waals surface area contributed by atoms with Gasteiger partial charge in [-0.15, -0.1) is 11.3 Å². The molecule has 14 heteroatoms.